The summed E-state index contributed by atoms with van der Waals surface area (Å²) in [7, 11) is 0. The van der Waals surface area contributed by atoms with Crippen LogP contribution < -0.4 is 5.32 Å². The van der Waals surface area contributed by atoms with Crippen molar-refractivity contribution in [1.82, 2.24) is 19.8 Å². The number of aryl methyl sites for hydroxylation is 1. The minimum Gasteiger partial charge on any atom is -0.458 e. The maximum absolute atomic E-state index is 13.0. The van der Waals surface area contributed by atoms with E-state index in [4.69, 9.17) is 9.72 Å². The van der Waals surface area contributed by atoms with Gasteiger partial charge < -0.3 is 19.5 Å². The summed E-state index contributed by atoms with van der Waals surface area (Å²) in [5.74, 6) is 0.123. The molecule has 4 heterocycles. The van der Waals surface area contributed by atoms with Gasteiger partial charge in [-0.2, -0.15) is 0 Å². The smallest absolute Gasteiger partial charge is 0.357 e. The largest absolute Gasteiger partial charge is 0.458 e. The lowest BCUT2D eigenvalue weighted by Crippen LogP contribution is -2.62. The van der Waals surface area contributed by atoms with Gasteiger partial charge in [0, 0.05) is 24.9 Å². The molecule has 0 unspecified atom stereocenters. The SMILES string of the molecule is CC(C)(C)c1nc2n(c1C(=O)OC[C@@H]1NC(=O)[C@@H]3CCCN3C1=O)CCCC2. The summed E-state index contributed by atoms with van der Waals surface area (Å²) < 4.78 is 7.50. The van der Waals surface area contributed by atoms with Crippen LogP contribution in [0.5, 0.6) is 0 Å². The molecule has 0 aliphatic carbocycles. The van der Waals surface area contributed by atoms with Crippen molar-refractivity contribution < 1.29 is 19.1 Å². The number of rotatable bonds is 3. The van der Waals surface area contributed by atoms with E-state index in [9.17, 15) is 14.4 Å². The van der Waals surface area contributed by atoms with Gasteiger partial charge in [0.1, 0.15) is 24.5 Å². The predicted octanol–water partition coefficient (Wildman–Crippen LogP) is 1.16. The topological polar surface area (TPSA) is 93.5 Å². The monoisotopic (exact) mass is 388 g/mol. The molecule has 3 aliphatic heterocycles. The molecular formula is C20H28N4O4. The molecule has 1 aromatic rings. The summed E-state index contributed by atoms with van der Waals surface area (Å²) in [6.07, 6.45) is 4.44. The van der Waals surface area contributed by atoms with Crippen molar-refractivity contribution in [3.8, 4) is 0 Å². The van der Waals surface area contributed by atoms with Crippen LogP contribution >= 0.6 is 0 Å². The number of carbonyl (C=O) groups excluding carboxylic acids is 3. The number of fused-ring (bicyclic) bond motifs is 2. The standard InChI is InChI=1S/C20H28N4O4/c1-20(2,3)16-15(24-9-5-4-8-14(24)22-16)19(27)28-11-12-18(26)23-10-6-7-13(23)17(25)21-12/h12-13H,4-11H2,1-3H3,(H,21,25)/t12-,13-/m0/s1. The molecular weight excluding hydrogens is 360 g/mol. The number of ether oxygens (including phenoxy) is 1. The number of piperazine rings is 1. The molecule has 0 aromatic carbocycles. The fraction of sp³-hybridized carbons (Fsp3) is 0.700. The highest BCUT2D eigenvalue weighted by atomic mass is 16.5. The Morgan fingerprint density at radius 2 is 2.00 bits per heavy atom. The number of imidazole rings is 1. The Hall–Kier alpha value is -2.38. The Morgan fingerprint density at radius 1 is 1.21 bits per heavy atom. The molecule has 3 aliphatic rings. The molecule has 1 aromatic heterocycles. The molecule has 2 fully saturated rings. The lowest BCUT2D eigenvalue weighted by Gasteiger charge is -2.34. The molecule has 0 saturated carbocycles. The third kappa shape index (κ3) is 3.18. The van der Waals surface area contributed by atoms with Crippen molar-refractivity contribution in [3.05, 3.63) is 17.2 Å². The Bertz CT molecular complexity index is 823. The Kier molecular flexibility index (Phi) is 4.67. The van der Waals surface area contributed by atoms with Gasteiger partial charge in [0.25, 0.3) is 0 Å². The molecule has 0 bridgehead atoms. The number of hydrogen-bond donors (Lipinski definition) is 1. The van der Waals surface area contributed by atoms with Gasteiger partial charge >= 0.3 is 5.97 Å². The first-order valence-electron chi connectivity index (χ1n) is 10.1. The van der Waals surface area contributed by atoms with Crippen LogP contribution in [0, 0.1) is 0 Å². The van der Waals surface area contributed by atoms with Crippen LogP contribution in [0.3, 0.4) is 0 Å². The number of amides is 2. The zero-order valence-corrected chi connectivity index (χ0v) is 16.8. The quantitative estimate of drug-likeness (QED) is 0.785. The molecule has 28 heavy (non-hydrogen) atoms. The van der Waals surface area contributed by atoms with Crippen LogP contribution in [-0.4, -0.2) is 57.5 Å². The Morgan fingerprint density at radius 3 is 2.75 bits per heavy atom. The highest BCUT2D eigenvalue weighted by Gasteiger charge is 2.43. The highest BCUT2D eigenvalue weighted by molar-refractivity contribution is 5.98. The first kappa shape index (κ1) is 19.0. The summed E-state index contributed by atoms with van der Waals surface area (Å²) in [6, 6.07) is -1.18. The minimum atomic E-state index is -0.812. The van der Waals surface area contributed by atoms with E-state index < -0.39 is 12.0 Å². The molecule has 8 nitrogen and oxygen atoms in total. The summed E-state index contributed by atoms with van der Waals surface area (Å²) in [5.41, 5.74) is 0.917. The van der Waals surface area contributed by atoms with E-state index in [-0.39, 0.29) is 29.9 Å². The number of nitrogens with zero attached hydrogens (tertiary/aromatic N) is 3. The van der Waals surface area contributed by atoms with Crippen LogP contribution in [0.2, 0.25) is 0 Å². The first-order chi connectivity index (χ1) is 13.3. The maximum atomic E-state index is 13.0. The molecule has 2 atom stereocenters. The lowest BCUT2D eigenvalue weighted by molar-refractivity contribution is -0.148. The normalized spacial score (nSPS) is 24.6. The Labute approximate surface area is 164 Å². The van der Waals surface area contributed by atoms with E-state index in [0.717, 1.165) is 43.7 Å². The van der Waals surface area contributed by atoms with Gasteiger partial charge in [0.2, 0.25) is 11.8 Å². The van der Waals surface area contributed by atoms with Crippen molar-refractivity contribution in [3.63, 3.8) is 0 Å². The maximum Gasteiger partial charge on any atom is 0.357 e. The summed E-state index contributed by atoms with van der Waals surface area (Å²) in [6.45, 7) is 7.25. The molecule has 4 rings (SSSR count). The summed E-state index contributed by atoms with van der Waals surface area (Å²) >= 11 is 0. The number of esters is 1. The highest BCUT2D eigenvalue weighted by Crippen LogP contribution is 2.30. The average molecular weight is 388 g/mol. The average Bonchev–Trinajstić information content (AvgIpc) is 3.28. The third-order valence-corrected chi connectivity index (χ3v) is 5.82. The fourth-order valence-corrected chi connectivity index (χ4v) is 4.39. The van der Waals surface area contributed by atoms with E-state index in [1.165, 1.54) is 0 Å². The summed E-state index contributed by atoms with van der Waals surface area (Å²) in [5, 5.41) is 2.72. The van der Waals surface area contributed by atoms with Crippen molar-refractivity contribution >= 4 is 17.8 Å². The second-order valence-corrected chi connectivity index (χ2v) is 8.93. The van der Waals surface area contributed by atoms with Crippen LogP contribution in [0.4, 0.5) is 0 Å². The molecule has 0 spiro atoms. The second kappa shape index (κ2) is 6.90. The van der Waals surface area contributed by atoms with Crippen molar-refractivity contribution in [2.45, 2.75) is 76.9 Å². The first-order valence-corrected chi connectivity index (χ1v) is 10.1. The fourth-order valence-electron chi connectivity index (χ4n) is 4.39. The van der Waals surface area contributed by atoms with E-state index in [1.807, 2.05) is 25.3 Å². The molecule has 1 N–H and O–H groups in total. The summed E-state index contributed by atoms with van der Waals surface area (Å²) in [4.78, 5) is 44.2. The number of hydrogen-bond acceptors (Lipinski definition) is 5. The van der Waals surface area contributed by atoms with E-state index in [2.05, 4.69) is 5.32 Å². The van der Waals surface area contributed by atoms with Crippen LogP contribution in [0.25, 0.3) is 0 Å². The number of nitrogens with one attached hydrogen (secondary N) is 1. The van der Waals surface area contributed by atoms with Gasteiger partial charge in [-0.3, -0.25) is 9.59 Å². The van der Waals surface area contributed by atoms with Gasteiger partial charge in [-0.05, 0) is 25.7 Å². The second-order valence-electron chi connectivity index (χ2n) is 8.93. The van der Waals surface area contributed by atoms with Gasteiger partial charge in [-0.1, -0.05) is 20.8 Å². The minimum absolute atomic E-state index is 0.156. The predicted molar refractivity (Wildman–Crippen MR) is 101 cm³/mol. The van der Waals surface area contributed by atoms with Crippen LogP contribution in [0.15, 0.2) is 0 Å². The van der Waals surface area contributed by atoms with Crippen molar-refractivity contribution in [2.24, 2.45) is 0 Å². The van der Waals surface area contributed by atoms with Gasteiger partial charge in [-0.25, -0.2) is 9.78 Å². The van der Waals surface area contributed by atoms with Gasteiger partial charge in [-0.15, -0.1) is 0 Å². The van der Waals surface area contributed by atoms with E-state index in [0.29, 0.717) is 18.7 Å². The van der Waals surface area contributed by atoms with Crippen LogP contribution in [0.1, 0.15) is 68.5 Å². The molecule has 0 radical (unpaired) electrons. The van der Waals surface area contributed by atoms with Crippen molar-refractivity contribution in [2.75, 3.05) is 13.2 Å². The van der Waals surface area contributed by atoms with E-state index in [1.54, 1.807) is 4.90 Å². The zero-order valence-electron chi connectivity index (χ0n) is 16.8. The molecule has 2 saturated heterocycles. The number of carbonyl (C=O) groups is 3. The molecule has 2 amide bonds. The third-order valence-electron chi connectivity index (χ3n) is 5.82. The van der Waals surface area contributed by atoms with Gasteiger partial charge in [0.15, 0.2) is 5.69 Å². The van der Waals surface area contributed by atoms with E-state index >= 15 is 0 Å². The zero-order chi connectivity index (χ0) is 20.1. The van der Waals surface area contributed by atoms with Crippen LogP contribution in [-0.2, 0) is 32.7 Å². The Balaban J connectivity index is 1.52. The van der Waals surface area contributed by atoms with Crippen molar-refractivity contribution in [1.29, 1.82) is 0 Å². The molecule has 152 valence electrons. The molecule has 8 heteroatoms. The number of aromatic nitrogens is 2. The lowest BCUT2D eigenvalue weighted by atomic mass is 9.90. The van der Waals surface area contributed by atoms with Gasteiger partial charge in [0.05, 0.1) is 5.69 Å².